The zero-order chi connectivity index (χ0) is 21.8. The lowest BCUT2D eigenvalue weighted by atomic mass is 9.74. The van der Waals surface area contributed by atoms with Gasteiger partial charge in [-0.3, -0.25) is 0 Å². The summed E-state index contributed by atoms with van der Waals surface area (Å²) in [5.41, 5.74) is 6.28. The van der Waals surface area contributed by atoms with Gasteiger partial charge >= 0.3 is 0 Å². The summed E-state index contributed by atoms with van der Waals surface area (Å²) >= 11 is 0. The van der Waals surface area contributed by atoms with Crippen LogP contribution in [-0.2, 0) is 5.54 Å². The van der Waals surface area contributed by atoms with Crippen LogP contribution in [0.5, 0.6) is 0 Å². The summed E-state index contributed by atoms with van der Waals surface area (Å²) in [7, 11) is 0. The average molecular weight is 425 g/mol. The van der Waals surface area contributed by atoms with Gasteiger partial charge in [0.05, 0.1) is 6.67 Å². The maximum atomic E-state index is 9.38. The Morgan fingerprint density at radius 2 is 1.34 bits per heavy atom. The van der Waals surface area contributed by atoms with Crippen LogP contribution in [-0.4, -0.2) is 23.3 Å². The van der Waals surface area contributed by atoms with Crippen molar-refractivity contribution in [3.8, 4) is 0 Å². The maximum Gasteiger partial charge on any atom is 0.118 e. The van der Waals surface area contributed by atoms with Crippen LogP contribution in [0.25, 0.3) is 0 Å². The van der Waals surface area contributed by atoms with E-state index in [1.165, 1.54) is 34.5 Å². The summed E-state index contributed by atoms with van der Waals surface area (Å²) in [6.07, 6.45) is 5.35. The molecule has 0 bridgehead atoms. The second kappa shape index (κ2) is 9.22. The molecule has 164 valence electrons. The molecule has 3 aromatic carbocycles. The van der Waals surface area contributed by atoms with Crippen molar-refractivity contribution in [1.29, 1.82) is 0 Å². The van der Waals surface area contributed by atoms with Crippen molar-refractivity contribution in [1.82, 2.24) is 10.2 Å². The van der Waals surface area contributed by atoms with Gasteiger partial charge in [-0.15, -0.1) is 0 Å². The van der Waals surface area contributed by atoms with Gasteiger partial charge in [-0.25, -0.2) is 0 Å². The standard InChI is InChI=1S/C29H32N2O/c32-20-10-11-23-18-19-27-28(21-23)31(22-30-27)29(24-12-4-1-5-13-24,25-14-6-2-7-15-25)26-16-8-3-9-17-26/h1-9,12-17,23,30,32H,10-11,18-22H2. The average Bonchev–Trinajstić information content (AvgIpc) is 3.29. The van der Waals surface area contributed by atoms with Crippen LogP contribution in [0.15, 0.2) is 102 Å². The van der Waals surface area contributed by atoms with Gasteiger partial charge in [0.15, 0.2) is 0 Å². The molecule has 32 heavy (non-hydrogen) atoms. The molecule has 0 amide bonds. The van der Waals surface area contributed by atoms with E-state index in [1.807, 2.05) is 0 Å². The Balaban J connectivity index is 1.70. The fraction of sp³-hybridized carbons (Fsp3) is 0.310. The molecule has 0 saturated heterocycles. The molecule has 0 aromatic heterocycles. The van der Waals surface area contributed by atoms with Crippen molar-refractivity contribution in [3.05, 3.63) is 119 Å². The summed E-state index contributed by atoms with van der Waals surface area (Å²) in [5.74, 6) is 0.628. The Labute approximate surface area is 191 Å². The molecule has 1 aliphatic heterocycles. The van der Waals surface area contributed by atoms with Crippen LogP contribution in [0.4, 0.5) is 0 Å². The number of benzene rings is 3. The monoisotopic (exact) mass is 424 g/mol. The summed E-state index contributed by atoms with van der Waals surface area (Å²) in [6.45, 7) is 1.09. The third-order valence-electron chi connectivity index (χ3n) is 7.16. The van der Waals surface area contributed by atoms with Crippen LogP contribution in [0, 0.1) is 5.92 Å². The lowest BCUT2D eigenvalue weighted by molar-refractivity contribution is 0.201. The van der Waals surface area contributed by atoms with Crippen molar-refractivity contribution >= 4 is 0 Å². The number of aliphatic hydroxyl groups excluding tert-OH is 1. The van der Waals surface area contributed by atoms with Crippen LogP contribution < -0.4 is 5.32 Å². The third-order valence-corrected chi connectivity index (χ3v) is 7.16. The Kier molecular flexibility index (Phi) is 6.00. The largest absolute Gasteiger partial charge is 0.396 e. The molecular formula is C29H32N2O. The maximum absolute atomic E-state index is 9.38. The second-order valence-corrected chi connectivity index (χ2v) is 8.97. The van der Waals surface area contributed by atoms with E-state index in [1.54, 1.807) is 0 Å². The number of hydrogen-bond acceptors (Lipinski definition) is 3. The highest BCUT2D eigenvalue weighted by Gasteiger charge is 2.46. The lowest BCUT2D eigenvalue weighted by Gasteiger charge is -2.46. The molecule has 2 aliphatic rings. The Bertz CT molecular complexity index is 950. The van der Waals surface area contributed by atoms with Crippen molar-refractivity contribution in [2.24, 2.45) is 5.92 Å². The van der Waals surface area contributed by atoms with Gasteiger partial charge in [-0.2, -0.15) is 0 Å². The predicted octanol–water partition coefficient (Wildman–Crippen LogP) is 5.63. The van der Waals surface area contributed by atoms with Crippen LogP contribution in [0.1, 0.15) is 48.8 Å². The number of hydrogen-bond donors (Lipinski definition) is 2. The van der Waals surface area contributed by atoms with Gasteiger partial charge in [0.25, 0.3) is 0 Å². The van der Waals surface area contributed by atoms with E-state index in [0.29, 0.717) is 5.92 Å². The van der Waals surface area contributed by atoms with E-state index in [0.717, 1.165) is 32.4 Å². The molecule has 1 atom stereocenters. The second-order valence-electron chi connectivity index (χ2n) is 8.97. The van der Waals surface area contributed by atoms with Gasteiger partial charge < -0.3 is 15.3 Å². The Morgan fingerprint density at radius 3 is 1.84 bits per heavy atom. The first-order valence-electron chi connectivity index (χ1n) is 11.8. The molecular weight excluding hydrogens is 392 g/mol. The summed E-state index contributed by atoms with van der Waals surface area (Å²) in [5, 5.41) is 13.1. The minimum Gasteiger partial charge on any atom is -0.396 e. The van der Waals surface area contributed by atoms with Gasteiger partial charge in [0, 0.05) is 18.0 Å². The minimum atomic E-state index is -0.410. The molecule has 0 radical (unpaired) electrons. The van der Waals surface area contributed by atoms with Crippen molar-refractivity contribution in [3.63, 3.8) is 0 Å². The van der Waals surface area contributed by atoms with Crippen LogP contribution in [0.3, 0.4) is 0 Å². The number of nitrogens with one attached hydrogen (secondary N) is 1. The summed E-state index contributed by atoms with van der Waals surface area (Å²) < 4.78 is 0. The molecule has 1 unspecified atom stereocenters. The number of rotatable bonds is 7. The molecule has 1 heterocycles. The number of allylic oxidation sites excluding steroid dienone is 2. The molecule has 5 rings (SSSR count). The highest BCUT2D eigenvalue weighted by molar-refractivity contribution is 5.51. The molecule has 0 spiro atoms. The quantitative estimate of drug-likeness (QED) is 0.483. The van der Waals surface area contributed by atoms with E-state index >= 15 is 0 Å². The van der Waals surface area contributed by atoms with Crippen molar-refractivity contribution in [2.75, 3.05) is 13.3 Å². The number of aliphatic hydroxyl groups is 1. The SMILES string of the molecule is OCCCC1CCC2=C(C1)N(C(c1ccccc1)(c1ccccc1)c1ccccc1)CN2. The minimum absolute atomic E-state index is 0.284. The first kappa shape index (κ1) is 20.8. The van der Waals surface area contributed by atoms with Gasteiger partial charge in [0.2, 0.25) is 0 Å². The normalized spacial score (nSPS) is 18.4. The third kappa shape index (κ3) is 3.61. The summed E-state index contributed by atoms with van der Waals surface area (Å²) in [4.78, 5) is 2.62. The van der Waals surface area contributed by atoms with Gasteiger partial charge in [-0.05, 0) is 54.7 Å². The van der Waals surface area contributed by atoms with Crippen molar-refractivity contribution in [2.45, 2.75) is 37.6 Å². The highest BCUT2D eigenvalue weighted by atomic mass is 16.2. The number of nitrogens with zero attached hydrogens (tertiary/aromatic N) is 1. The first-order chi connectivity index (χ1) is 15.8. The van der Waals surface area contributed by atoms with Crippen LogP contribution in [0.2, 0.25) is 0 Å². The topological polar surface area (TPSA) is 35.5 Å². The van der Waals surface area contributed by atoms with E-state index in [-0.39, 0.29) is 6.61 Å². The van der Waals surface area contributed by atoms with Gasteiger partial charge in [-0.1, -0.05) is 91.0 Å². The zero-order valence-corrected chi connectivity index (χ0v) is 18.6. The highest BCUT2D eigenvalue weighted by Crippen LogP contribution is 2.48. The fourth-order valence-electron chi connectivity index (χ4n) is 5.68. The molecule has 3 heteroatoms. The molecule has 0 saturated carbocycles. The summed E-state index contributed by atoms with van der Waals surface area (Å²) in [6, 6.07) is 32.8. The molecule has 1 aliphatic carbocycles. The van der Waals surface area contributed by atoms with E-state index < -0.39 is 5.54 Å². The Hall–Kier alpha value is -3.04. The van der Waals surface area contributed by atoms with E-state index in [4.69, 9.17) is 0 Å². The Morgan fingerprint density at radius 1 is 0.812 bits per heavy atom. The molecule has 3 aromatic rings. The van der Waals surface area contributed by atoms with E-state index in [2.05, 4.69) is 101 Å². The molecule has 3 nitrogen and oxygen atoms in total. The smallest absolute Gasteiger partial charge is 0.118 e. The fourth-order valence-corrected chi connectivity index (χ4v) is 5.68. The molecule has 0 fully saturated rings. The lowest BCUT2D eigenvalue weighted by Crippen LogP contribution is -2.48. The van der Waals surface area contributed by atoms with Crippen LogP contribution >= 0.6 is 0 Å². The predicted molar refractivity (Wildman–Crippen MR) is 130 cm³/mol. The zero-order valence-electron chi connectivity index (χ0n) is 18.6. The molecule has 2 N–H and O–H groups in total. The van der Waals surface area contributed by atoms with Crippen molar-refractivity contribution < 1.29 is 5.11 Å². The van der Waals surface area contributed by atoms with Gasteiger partial charge in [0.1, 0.15) is 5.54 Å². The first-order valence-corrected chi connectivity index (χ1v) is 11.8. The van der Waals surface area contributed by atoms with E-state index in [9.17, 15) is 5.11 Å².